The summed E-state index contributed by atoms with van der Waals surface area (Å²) in [5.74, 6) is -0.376. The molecule has 78 valence electrons. The third-order valence-corrected chi connectivity index (χ3v) is 2.03. The van der Waals surface area contributed by atoms with Crippen molar-refractivity contribution in [3.05, 3.63) is 29.1 Å². The van der Waals surface area contributed by atoms with Gasteiger partial charge in [0.1, 0.15) is 5.52 Å². The molecule has 0 atom stereocenters. The summed E-state index contributed by atoms with van der Waals surface area (Å²) < 4.78 is 9.92. The van der Waals surface area contributed by atoms with Gasteiger partial charge in [-0.25, -0.2) is 4.79 Å². The summed E-state index contributed by atoms with van der Waals surface area (Å²) in [6.07, 6.45) is 0. The highest BCUT2D eigenvalue weighted by atomic mass is 35.5. The number of hydrogen-bond donors (Lipinski definition) is 0. The summed E-state index contributed by atoms with van der Waals surface area (Å²) in [6.45, 7) is 2.10. The van der Waals surface area contributed by atoms with E-state index in [-0.39, 0.29) is 11.3 Å². The number of carbonyl (C=O) groups is 1. The molecule has 0 aliphatic rings. The highest BCUT2D eigenvalue weighted by Gasteiger charge is 2.10. The molecular formula is C10H8ClNO3. The minimum atomic E-state index is -0.376. The minimum Gasteiger partial charge on any atom is -0.462 e. The van der Waals surface area contributed by atoms with Gasteiger partial charge in [-0.05, 0) is 36.7 Å². The van der Waals surface area contributed by atoms with E-state index >= 15 is 0 Å². The van der Waals surface area contributed by atoms with E-state index in [0.717, 1.165) is 0 Å². The summed E-state index contributed by atoms with van der Waals surface area (Å²) in [5, 5.41) is 0.0611. The second-order valence-corrected chi connectivity index (χ2v) is 3.19. The van der Waals surface area contributed by atoms with Gasteiger partial charge < -0.3 is 9.15 Å². The van der Waals surface area contributed by atoms with Crippen LogP contribution in [0.5, 0.6) is 0 Å². The molecule has 0 saturated heterocycles. The van der Waals surface area contributed by atoms with Crippen molar-refractivity contribution >= 4 is 28.7 Å². The van der Waals surface area contributed by atoms with Crippen molar-refractivity contribution < 1.29 is 13.9 Å². The maximum atomic E-state index is 11.4. The number of esters is 1. The van der Waals surface area contributed by atoms with Gasteiger partial charge in [-0.15, -0.1) is 0 Å². The van der Waals surface area contributed by atoms with Crippen molar-refractivity contribution in [3.63, 3.8) is 0 Å². The van der Waals surface area contributed by atoms with Gasteiger partial charge in [0.2, 0.25) is 0 Å². The lowest BCUT2D eigenvalue weighted by Gasteiger charge is -1.99. The fraction of sp³-hybridized carbons (Fsp3) is 0.200. The van der Waals surface area contributed by atoms with E-state index in [1.165, 1.54) is 0 Å². The fourth-order valence-corrected chi connectivity index (χ4v) is 1.41. The van der Waals surface area contributed by atoms with Crippen LogP contribution in [0.3, 0.4) is 0 Å². The number of carbonyl (C=O) groups excluding carboxylic acids is 1. The Bertz CT molecular complexity index is 506. The maximum Gasteiger partial charge on any atom is 0.338 e. The Balaban J connectivity index is 2.41. The second kappa shape index (κ2) is 3.90. The summed E-state index contributed by atoms with van der Waals surface area (Å²) in [4.78, 5) is 15.3. The molecule has 15 heavy (non-hydrogen) atoms. The lowest BCUT2D eigenvalue weighted by molar-refractivity contribution is 0.0526. The molecule has 0 radical (unpaired) electrons. The van der Waals surface area contributed by atoms with E-state index in [1.54, 1.807) is 25.1 Å². The molecule has 2 rings (SSSR count). The van der Waals surface area contributed by atoms with Gasteiger partial charge >= 0.3 is 5.97 Å². The molecule has 0 bridgehead atoms. The average molecular weight is 226 g/mol. The number of halogens is 1. The van der Waals surface area contributed by atoms with Crippen molar-refractivity contribution in [2.24, 2.45) is 0 Å². The predicted molar refractivity (Wildman–Crippen MR) is 55.0 cm³/mol. The van der Waals surface area contributed by atoms with Crippen LogP contribution in [0.2, 0.25) is 5.35 Å². The second-order valence-electron chi connectivity index (χ2n) is 2.87. The highest BCUT2D eigenvalue weighted by molar-refractivity contribution is 6.28. The van der Waals surface area contributed by atoms with E-state index in [1.807, 2.05) is 0 Å². The van der Waals surface area contributed by atoms with Crippen LogP contribution < -0.4 is 0 Å². The molecule has 0 N–H and O–H groups in total. The number of rotatable bonds is 2. The number of hydrogen-bond acceptors (Lipinski definition) is 4. The molecule has 1 heterocycles. The molecule has 1 aromatic carbocycles. The van der Waals surface area contributed by atoms with Gasteiger partial charge in [-0.3, -0.25) is 0 Å². The van der Waals surface area contributed by atoms with Gasteiger partial charge in [0.15, 0.2) is 5.58 Å². The minimum absolute atomic E-state index is 0.0611. The fourth-order valence-electron chi connectivity index (χ4n) is 1.24. The topological polar surface area (TPSA) is 52.3 Å². The standard InChI is InChI=1S/C10H8ClNO3/c1-2-14-9(13)6-3-4-8-7(5-6)12-10(11)15-8/h3-5H,2H2,1H3. The summed E-state index contributed by atoms with van der Waals surface area (Å²) >= 11 is 5.58. The first-order valence-electron chi connectivity index (χ1n) is 4.44. The number of nitrogens with zero attached hydrogens (tertiary/aromatic N) is 1. The Morgan fingerprint density at radius 1 is 1.60 bits per heavy atom. The van der Waals surface area contributed by atoms with Gasteiger partial charge in [0, 0.05) is 0 Å². The monoisotopic (exact) mass is 225 g/mol. The number of oxazole rings is 1. The zero-order valence-electron chi connectivity index (χ0n) is 7.99. The normalized spacial score (nSPS) is 10.5. The molecule has 4 nitrogen and oxygen atoms in total. The Hall–Kier alpha value is -1.55. The highest BCUT2D eigenvalue weighted by Crippen LogP contribution is 2.20. The quantitative estimate of drug-likeness (QED) is 0.738. The Morgan fingerprint density at radius 3 is 3.13 bits per heavy atom. The summed E-state index contributed by atoms with van der Waals surface area (Å²) in [7, 11) is 0. The van der Waals surface area contributed by atoms with E-state index < -0.39 is 0 Å². The Morgan fingerprint density at radius 2 is 2.40 bits per heavy atom. The van der Waals surface area contributed by atoms with Crippen LogP contribution >= 0.6 is 11.6 Å². The SMILES string of the molecule is CCOC(=O)c1ccc2oc(Cl)nc2c1. The van der Waals surface area contributed by atoms with Crippen molar-refractivity contribution in [3.8, 4) is 0 Å². The van der Waals surface area contributed by atoms with Crippen LogP contribution in [0.4, 0.5) is 0 Å². The third-order valence-electron chi connectivity index (χ3n) is 1.87. The molecule has 0 amide bonds. The summed E-state index contributed by atoms with van der Waals surface area (Å²) in [5.41, 5.74) is 1.54. The molecule has 2 aromatic rings. The zero-order chi connectivity index (χ0) is 10.8. The van der Waals surface area contributed by atoms with Crippen LogP contribution in [-0.4, -0.2) is 17.6 Å². The zero-order valence-corrected chi connectivity index (χ0v) is 8.75. The van der Waals surface area contributed by atoms with E-state index in [2.05, 4.69) is 4.98 Å². The molecule has 0 saturated carbocycles. The van der Waals surface area contributed by atoms with Crippen molar-refractivity contribution in [1.29, 1.82) is 0 Å². The molecule has 0 aliphatic heterocycles. The maximum absolute atomic E-state index is 11.4. The molecular weight excluding hydrogens is 218 g/mol. The Labute approximate surface area is 90.8 Å². The molecule has 1 aromatic heterocycles. The van der Waals surface area contributed by atoms with Crippen LogP contribution in [0.15, 0.2) is 22.6 Å². The predicted octanol–water partition coefficient (Wildman–Crippen LogP) is 2.66. The number of aromatic nitrogens is 1. The molecule has 0 fully saturated rings. The lowest BCUT2D eigenvalue weighted by Crippen LogP contribution is -2.03. The third kappa shape index (κ3) is 1.94. The molecule has 0 unspecified atom stereocenters. The van der Waals surface area contributed by atoms with E-state index in [4.69, 9.17) is 20.8 Å². The van der Waals surface area contributed by atoms with Crippen molar-refractivity contribution in [2.45, 2.75) is 6.92 Å². The van der Waals surface area contributed by atoms with E-state index in [9.17, 15) is 4.79 Å². The first-order valence-corrected chi connectivity index (χ1v) is 4.81. The lowest BCUT2D eigenvalue weighted by atomic mass is 10.2. The van der Waals surface area contributed by atoms with Gasteiger partial charge in [0.25, 0.3) is 5.35 Å². The summed E-state index contributed by atoms with van der Waals surface area (Å²) in [6, 6.07) is 4.84. The number of fused-ring (bicyclic) bond motifs is 1. The number of benzene rings is 1. The van der Waals surface area contributed by atoms with Crippen LogP contribution in [-0.2, 0) is 4.74 Å². The van der Waals surface area contributed by atoms with E-state index in [0.29, 0.717) is 23.3 Å². The molecule has 0 aliphatic carbocycles. The molecule has 5 heteroatoms. The van der Waals surface area contributed by atoms with Crippen LogP contribution in [0.25, 0.3) is 11.1 Å². The van der Waals surface area contributed by atoms with Gasteiger partial charge in [-0.1, -0.05) is 0 Å². The smallest absolute Gasteiger partial charge is 0.338 e. The average Bonchev–Trinajstić information content (AvgIpc) is 2.57. The van der Waals surface area contributed by atoms with Crippen molar-refractivity contribution in [1.82, 2.24) is 4.98 Å². The first-order chi connectivity index (χ1) is 7.20. The first kappa shape index (κ1) is 9.98. The van der Waals surface area contributed by atoms with Gasteiger partial charge in [-0.2, -0.15) is 4.98 Å². The van der Waals surface area contributed by atoms with Crippen molar-refractivity contribution in [2.75, 3.05) is 6.61 Å². The Kier molecular flexibility index (Phi) is 2.60. The number of ether oxygens (including phenoxy) is 1. The molecule has 0 spiro atoms. The van der Waals surface area contributed by atoms with Gasteiger partial charge in [0.05, 0.1) is 12.2 Å². The largest absolute Gasteiger partial charge is 0.462 e. The van der Waals surface area contributed by atoms with Crippen LogP contribution in [0, 0.1) is 0 Å². The van der Waals surface area contributed by atoms with Crippen LogP contribution in [0.1, 0.15) is 17.3 Å².